The molecule has 39 heavy (non-hydrogen) atoms. The minimum atomic E-state index is -0.830. The summed E-state index contributed by atoms with van der Waals surface area (Å²) in [5.74, 6) is -0.522. The molecule has 2 N–H and O–H groups in total. The summed E-state index contributed by atoms with van der Waals surface area (Å²) in [4.78, 5) is 41.3. The Kier molecular flexibility index (Phi) is 10.2. The Labute approximate surface area is 231 Å². The van der Waals surface area contributed by atoms with Gasteiger partial charge < -0.3 is 24.6 Å². The van der Waals surface area contributed by atoms with Crippen LogP contribution in [-0.4, -0.2) is 60.0 Å². The summed E-state index contributed by atoms with van der Waals surface area (Å²) in [5, 5.41) is 11.8. The van der Waals surface area contributed by atoms with Gasteiger partial charge in [-0.1, -0.05) is 37.0 Å². The number of hydrogen-bond donors (Lipinski definition) is 2. The lowest BCUT2D eigenvalue weighted by Gasteiger charge is -2.41. The Balaban J connectivity index is 1.33. The highest BCUT2D eigenvalue weighted by Crippen LogP contribution is 2.42. The van der Waals surface area contributed by atoms with E-state index in [0.29, 0.717) is 25.1 Å². The lowest BCUT2D eigenvalue weighted by atomic mass is 9.69. The van der Waals surface area contributed by atoms with Crippen molar-refractivity contribution in [3.63, 3.8) is 0 Å². The smallest absolute Gasteiger partial charge is 0.303 e. The predicted octanol–water partition coefficient (Wildman–Crippen LogP) is 5.41. The zero-order valence-electron chi connectivity index (χ0n) is 23.2. The highest BCUT2D eigenvalue weighted by Gasteiger charge is 2.36. The zero-order valence-corrected chi connectivity index (χ0v) is 23.2. The van der Waals surface area contributed by atoms with Crippen LogP contribution in [0.3, 0.4) is 0 Å². The number of hydrogen-bond acceptors (Lipinski definition) is 5. The Morgan fingerprint density at radius 3 is 2.44 bits per heavy atom. The van der Waals surface area contributed by atoms with E-state index in [4.69, 9.17) is 9.52 Å². The molecular weight excluding hydrogens is 494 g/mol. The third-order valence-corrected chi connectivity index (χ3v) is 8.48. The van der Waals surface area contributed by atoms with Crippen molar-refractivity contribution in [2.45, 2.75) is 83.6 Å². The van der Waals surface area contributed by atoms with Crippen molar-refractivity contribution in [3.05, 3.63) is 54.0 Å². The lowest BCUT2D eigenvalue weighted by Crippen LogP contribution is -2.48. The number of amides is 2. The van der Waals surface area contributed by atoms with Crippen molar-refractivity contribution in [2.24, 2.45) is 5.41 Å². The van der Waals surface area contributed by atoms with Crippen molar-refractivity contribution in [1.29, 1.82) is 0 Å². The molecule has 4 rings (SSSR count). The highest BCUT2D eigenvalue weighted by molar-refractivity contribution is 6.04. The summed E-state index contributed by atoms with van der Waals surface area (Å²) in [6.45, 7) is 5.24. The van der Waals surface area contributed by atoms with Crippen molar-refractivity contribution in [3.8, 4) is 0 Å². The molecule has 2 heterocycles. The maximum Gasteiger partial charge on any atom is 0.303 e. The van der Waals surface area contributed by atoms with E-state index in [1.54, 1.807) is 18.4 Å². The Morgan fingerprint density at radius 2 is 1.79 bits per heavy atom. The van der Waals surface area contributed by atoms with Crippen LogP contribution < -0.4 is 10.2 Å². The summed E-state index contributed by atoms with van der Waals surface area (Å²) in [6, 6.07) is 11.7. The quantitative estimate of drug-likeness (QED) is 0.351. The highest BCUT2D eigenvalue weighted by atomic mass is 16.4. The summed E-state index contributed by atoms with van der Waals surface area (Å²) < 4.78 is 5.46. The molecule has 0 bridgehead atoms. The second-order valence-electron chi connectivity index (χ2n) is 11.4. The maximum atomic E-state index is 13.4. The molecule has 0 radical (unpaired) electrons. The van der Waals surface area contributed by atoms with Gasteiger partial charge in [-0.05, 0) is 81.7 Å². The first-order chi connectivity index (χ1) is 18.8. The molecule has 212 valence electrons. The van der Waals surface area contributed by atoms with Gasteiger partial charge in [0.1, 0.15) is 0 Å². The van der Waals surface area contributed by atoms with Gasteiger partial charge in [0.05, 0.1) is 6.26 Å². The largest absolute Gasteiger partial charge is 0.481 e. The second-order valence-corrected chi connectivity index (χ2v) is 11.4. The molecule has 0 atom stereocenters. The van der Waals surface area contributed by atoms with Gasteiger partial charge in [-0.3, -0.25) is 14.4 Å². The minimum absolute atomic E-state index is 0.0230. The number of furan rings is 1. The molecule has 1 aliphatic heterocycles. The fourth-order valence-corrected chi connectivity index (χ4v) is 6.20. The first-order valence-electron chi connectivity index (χ1n) is 14.5. The van der Waals surface area contributed by atoms with Crippen LogP contribution in [0.2, 0.25) is 0 Å². The van der Waals surface area contributed by atoms with Gasteiger partial charge >= 0.3 is 5.97 Å². The van der Waals surface area contributed by atoms with Crippen LogP contribution in [0.5, 0.6) is 0 Å². The number of carbonyl (C=O) groups is 3. The molecular formula is C31H43N3O5. The summed E-state index contributed by atoms with van der Waals surface area (Å²) in [6.07, 6.45) is 11.1. The van der Waals surface area contributed by atoms with Crippen LogP contribution in [0.15, 0.2) is 47.1 Å². The molecule has 2 aliphatic rings. The first kappa shape index (κ1) is 28.9. The standard InChI is InChI=1S/C31H43N3O5/c1-24-9-11-25(12-10-24)34(30(38)27-7-6-22-39-27)26-13-19-33(20-14-26)21-17-31(15-3-2-4-16-31)23-28(35)32-18-5-8-29(36)37/h6-7,9-12,22,26H,2-5,8,13-21,23H2,1H3,(H,32,35)(H,36,37). The number of nitrogens with one attached hydrogen (secondary N) is 1. The third kappa shape index (κ3) is 8.18. The lowest BCUT2D eigenvalue weighted by molar-refractivity contribution is -0.137. The second kappa shape index (κ2) is 13.8. The Hall–Kier alpha value is -3.13. The molecule has 1 aromatic carbocycles. The number of aryl methyl sites for hydroxylation is 1. The molecule has 2 amide bonds. The number of anilines is 1. The normalized spacial score (nSPS) is 18.0. The molecule has 1 aromatic heterocycles. The average molecular weight is 538 g/mol. The fraction of sp³-hybridized carbons (Fsp3) is 0.581. The fourth-order valence-electron chi connectivity index (χ4n) is 6.20. The van der Waals surface area contributed by atoms with Crippen LogP contribution in [-0.2, 0) is 9.59 Å². The molecule has 8 heteroatoms. The van der Waals surface area contributed by atoms with Gasteiger partial charge in [0.2, 0.25) is 5.91 Å². The molecule has 1 saturated heterocycles. The molecule has 8 nitrogen and oxygen atoms in total. The molecule has 2 aromatic rings. The molecule has 0 spiro atoms. The van der Waals surface area contributed by atoms with Gasteiger partial charge in [0, 0.05) is 44.2 Å². The van der Waals surface area contributed by atoms with Gasteiger partial charge in [0.25, 0.3) is 5.91 Å². The molecule has 2 fully saturated rings. The summed E-state index contributed by atoms with van der Waals surface area (Å²) in [5.41, 5.74) is 2.08. The van der Waals surface area contributed by atoms with Crippen molar-refractivity contribution in [1.82, 2.24) is 10.2 Å². The molecule has 0 unspecified atom stereocenters. The number of benzene rings is 1. The number of rotatable bonds is 12. The monoisotopic (exact) mass is 537 g/mol. The van der Waals surface area contributed by atoms with E-state index in [1.165, 1.54) is 6.42 Å². The SMILES string of the molecule is Cc1ccc(N(C(=O)c2ccco2)C2CCN(CCC3(CC(=O)NCCCC(=O)O)CCCCC3)CC2)cc1. The van der Waals surface area contributed by atoms with Gasteiger partial charge in [-0.15, -0.1) is 0 Å². The number of carbonyl (C=O) groups excluding carboxylic acids is 2. The van der Waals surface area contributed by atoms with Gasteiger partial charge in [-0.25, -0.2) is 0 Å². The van der Waals surface area contributed by atoms with Crippen molar-refractivity contribution < 1.29 is 23.9 Å². The predicted molar refractivity (Wildman–Crippen MR) is 151 cm³/mol. The van der Waals surface area contributed by atoms with Crippen LogP contribution >= 0.6 is 0 Å². The number of carboxylic acid groups (broad SMARTS) is 1. The third-order valence-electron chi connectivity index (χ3n) is 8.48. The van der Waals surface area contributed by atoms with E-state index in [-0.39, 0.29) is 29.7 Å². The van der Waals surface area contributed by atoms with E-state index >= 15 is 0 Å². The van der Waals surface area contributed by atoms with Crippen LogP contribution in [0.4, 0.5) is 5.69 Å². The van der Waals surface area contributed by atoms with E-state index in [0.717, 1.165) is 75.8 Å². The average Bonchev–Trinajstić information content (AvgIpc) is 3.48. The number of piperidine rings is 1. The van der Waals surface area contributed by atoms with Gasteiger partial charge in [-0.2, -0.15) is 0 Å². The van der Waals surface area contributed by atoms with E-state index in [1.807, 2.05) is 36.1 Å². The van der Waals surface area contributed by atoms with Crippen molar-refractivity contribution >= 4 is 23.5 Å². The topological polar surface area (TPSA) is 103 Å². The number of nitrogens with zero attached hydrogens (tertiary/aromatic N) is 2. The number of carboxylic acids is 1. The summed E-state index contributed by atoms with van der Waals surface area (Å²) >= 11 is 0. The number of aliphatic carboxylic acids is 1. The minimum Gasteiger partial charge on any atom is -0.481 e. The van der Waals surface area contributed by atoms with E-state index < -0.39 is 5.97 Å². The first-order valence-corrected chi connectivity index (χ1v) is 14.5. The van der Waals surface area contributed by atoms with Crippen LogP contribution in [0, 0.1) is 12.3 Å². The molecule has 1 saturated carbocycles. The Morgan fingerprint density at radius 1 is 1.08 bits per heavy atom. The van der Waals surface area contributed by atoms with Crippen molar-refractivity contribution in [2.75, 3.05) is 31.1 Å². The van der Waals surface area contributed by atoms with Crippen LogP contribution in [0.25, 0.3) is 0 Å². The summed E-state index contributed by atoms with van der Waals surface area (Å²) in [7, 11) is 0. The maximum absolute atomic E-state index is 13.4. The zero-order chi connectivity index (χ0) is 27.7. The van der Waals surface area contributed by atoms with Gasteiger partial charge in [0.15, 0.2) is 5.76 Å². The molecule has 1 aliphatic carbocycles. The van der Waals surface area contributed by atoms with E-state index in [2.05, 4.69) is 10.2 Å². The van der Waals surface area contributed by atoms with Crippen LogP contribution in [0.1, 0.15) is 86.7 Å². The number of likely N-dealkylation sites (tertiary alicyclic amines) is 1. The Bertz CT molecular complexity index is 1070. The van der Waals surface area contributed by atoms with E-state index in [9.17, 15) is 14.4 Å².